The summed E-state index contributed by atoms with van der Waals surface area (Å²) in [6, 6.07) is 16.6. The van der Waals surface area contributed by atoms with Crippen LogP contribution in [-0.2, 0) is 22.9 Å². The molecule has 0 unspecified atom stereocenters. The number of nitrogens with zero attached hydrogens (tertiary/aromatic N) is 1. The van der Waals surface area contributed by atoms with E-state index in [1.807, 2.05) is 18.2 Å². The Hall–Kier alpha value is -1.69. The minimum Gasteiger partial charge on any atom is -0.327 e. The van der Waals surface area contributed by atoms with Gasteiger partial charge >= 0.3 is 0 Å². The van der Waals surface area contributed by atoms with Crippen LogP contribution in [0.25, 0.3) is 0 Å². The lowest BCUT2D eigenvalue weighted by Crippen LogP contribution is -3.14. The molecule has 2 aliphatic rings. The third kappa shape index (κ3) is 3.31. The Bertz CT molecular complexity index is 872. The van der Waals surface area contributed by atoms with E-state index in [9.17, 15) is 8.42 Å². The molecule has 26 heavy (non-hydrogen) atoms. The molecule has 0 radical (unpaired) electrons. The van der Waals surface area contributed by atoms with Crippen molar-refractivity contribution in [2.45, 2.75) is 37.1 Å². The summed E-state index contributed by atoms with van der Waals surface area (Å²) in [5, 5.41) is 0. The van der Waals surface area contributed by atoms with Crippen molar-refractivity contribution in [2.24, 2.45) is 0 Å². The molecule has 0 saturated carbocycles. The van der Waals surface area contributed by atoms with Gasteiger partial charge in [-0.25, -0.2) is 8.42 Å². The van der Waals surface area contributed by atoms with E-state index in [0.29, 0.717) is 24.0 Å². The number of hydrogen-bond acceptors (Lipinski definition) is 2. The number of quaternary nitrogens is 1. The lowest BCUT2D eigenvalue weighted by atomic mass is 10.1. The quantitative estimate of drug-likeness (QED) is 0.891. The van der Waals surface area contributed by atoms with Crippen molar-refractivity contribution in [3.63, 3.8) is 0 Å². The summed E-state index contributed by atoms with van der Waals surface area (Å²) in [6.45, 7) is 5.10. The Morgan fingerprint density at radius 3 is 2.38 bits per heavy atom. The predicted octanol–water partition coefficient (Wildman–Crippen LogP) is 1.83. The Morgan fingerprint density at radius 2 is 1.65 bits per heavy atom. The predicted molar refractivity (Wildman–Crippen MR) is 103 cm³/mol. The van der Waals surface area contributed by atoms with Gasteiger partial charge in [0.15, 0.2) is 0 Å². The smallest absolute Gasteiger partial charge is 0.243 e. The van der Waals surface area contributed by atoms with Crippen molar-refractivity contribution in [1.82, 2.24) is 4.31 Å². The number of rotatable bonds is 4. The fourth-order valence-corrected chi connectivity index (χ4v) is 5.77. The van der Waals surface area contributed by atoms with E-state index in [0.717, 1.165) is 32.4 Å². The van der Waals surface area contributed by atoms with E-state index in [1.165, 1.54) is 21.6 Å². The van der Waals surface area contributed by atoms with Gasteiger partial charge in [0, 0.05) is 5.56 Å². The van der Waals surface area contributed by atoms with Crippen LogP contribution in [0.15, 0.2) is 53.4 Å². The fourth-order valence-electron chi connectivity index (χ4n) is 4.28. The summed E-state index contributed by atoms with van der Waals surface area (Å²) >= 11 is 0. The third-order valence-electron chi connectivity index (χ3n) is 5.98. The summed E-state index contributed by atoms with van der Waals surface area (Å²) in [5.41, 5.74) is 3.85. The number of piperazine rings is 1. The summed E-state index contributed by atoms with van der Waals surface area (Å²) < 4.78 is 27.8. The van der Waals surface area contributed by atoms with Crippen LogP contribution in [0, 0.1) is 0 Å². The molecule has 5 heteroatoms. The maximum atomic E-state index is 13.1. The molecule has 1 aliphatic carbocycles. The molecule has 0 bridgehead atoms. The van der Waals surface area contributed by atoms with Crippen LogP contribution < -0.4 is 4.90 Å². The van der Waals surface area contributed by atoms with Crippen molar-refractivity contribution in [3.8, 4) is 0 Å². The number of hydrogen-bond donors (Lipinski definition) is 1. The molecule has 1 fully saturated rings. The normalized spacial score (nSPS) is 20.0. The van der Waals surface area contributed by atoms with E-state index in [1.54, 1.807) is 10.4 Å². The van der Waals surface area contributed by atoms with Crippen molar-refractivity contribution in [3.05, 3.63) is 65.2 Å². The molecule has 4 nitrogen and oxygen atoms in total. The largest absolute Gasteiger partial charge is 0.327 e. The molecule has 0 aromatic heterocycles. The van der Waals surface area contributed by atoms with Gasteiger partial charge in [-0.2, -0.15) is 4.31 Å². The Balaban J connectivity index is 1.45. The number of aryl methyl sites for hydroxylation is 2. The molecule has 1 saturated heterocycles. The van der Waals surface area contributed by atoms with Crippen LogP contribution >= 0.6 is 0 Å². The second-order valence-electron chi connectivity index (χ2n) is 7.48. The number of nitrogens with one attached hydrogen (secondary N) is 1. The first-order valence-corrected chi connectivity index (χ1v) is 11.0. The Morgan fingerprint density at radius 1 is 0.962 bits per heavy atom. The second kappa shape index (κ2) is 7.14. The van der Waals surface area contributed by atoms with Crippen LogP contribution in [0.4, 0.5) is 0 Å². The van der Waals surface area contributed by atoms with Gasteiger partial charge in [-0.15, -0.1) is 0 Å². The van der Waals surface area contributed by atoms with E-state index in [2.05, 4.69) is 31.2 Å². The van der Waals surface area contributed by atoms with Gasteiger partial charge in [0.2, 0.25) is 10.0 Å². The molecule has 1 N–H and O–H groups in total. The zero-order valence-corrected chi connectivity index (χ0v) is 16.1. The van der Waals surface area contributed by atoms with Gasteiger partial charge in [0.1, 0.15) is 6.04 Å². The third-order valence-corrected chi connectivity index (χ3v) is 7.88. The molecule has 1 aliphatic heterocycles. The minimum atomic E-state index is -3.38. The van der Waals surface area contributed by atoms with E-state index in [4.69, 9.17) is 0 Å². The lowest BCUT2D eigenvalue weighted by molar-refractivity contribution is -0.933. The van der Waals surface area contributed by atoms with Gasteiger partial charge in [0.05, 0.1) is 31.1 Å². The molecule has 1 heterocycles. The van der Waals surface area contributed by atoms with Gasteiger partial charge in [-0.3, -0.25) is 0 Å². The molecule has 138 valence electrons. The molecule has 4 rings (SSSR count). The summed E-state index contributed by atoms with van der Waals surface area (Å²) in [4.78, 5) is 1.93. The molecular weight excluding hydrogens is 344 g/mol. The first-order valence-electron chi connectivity index (χ1n) is 9.57. The average molecular weight is 372 g/mol. The minimum absolute atomic E-state index is 0.390. The van der Waals surface area contributed by atoms with Crippen LogP contribution in [0.3, 0.4) is 0 Å². The lowest BCUT2D eigenvalue weighted by Gasteiger charge is -2.35. The number of benzene rings is 2. The van der Waals surface area contributed by atoms with Gasteiger partial charge in [-0.05, 0) is 49.4 Å². The maximum Gasteiger partial charge on any atom is 0.243 e. The SMILES string of the molecule is C[C@H](c1ccccc1)[NH+]1CCN(S(=O)(=O)c2ccc3c(c2)CCC3)CC1. The fraction of sp³-hybridized carbons (Fsp3) is 0.429. The van der Waals surface area contributed by atoms with E-state index < -0.39 is 10.0 Å². The van der Waals surface area contributed by atoms with Crippen LogP contribution in [-0.4, -0.2) is 38.9 Å². The van der Waals surface area contributed by atoms with Gasteiger partial charge < -0.3 is 4.90 Å². The molecule has 0 spiro atoms. The van der Waals surface area contributed by atoms with E-state index in [-0.39, 0.29) is 0 Å². The molecule has 0 amide bonds. The summed E-state index contributed by atoms with van der Waals surface area (Å²) in [7, 11) is -3.38. The van der Waals surface area contributed by atoms with Crippen molar-refractivity contribution < 1.29 is 13.3 Å². The first kappa shape index (κ1) is 17.7. The molecule has 2 aromatic rings. The zero-order chi connectivity index (χ0) is 18.1. The number of fused-ring (bicyclic) bond motifs is 1. The summed E-state index contributed by atoms with van der Waals surface area (Å²) in [6.07, 6.45) is 3.22. The zero-order valence-electron chi connectivity index (χ0n) is 15.3. The molecule has 1 atom stereocenters. The topological polar surface area (TPSA) is 41.8 Å². The summed E-state index contributed by atoms with van der Waals surface area (Å²) in [5.74, 6) is 0. The highest BCUT2D eigenvalue weighted by Gasteiger charge is 2.33. The molecule has 2 aromatic carbocycles. The highest BCUT2D eigenvalue weighted by Crippen LogP contribution is 2.26. The second-order valence-corrected chi connectivity index (χ2v) is 9.42. The van der Waals surface area contributed by atoms with Crippen LogP contribution in [0.5, 0.6) is 0 Å². The molecular formula is C21H27N2O2S+. The number of sulfonamides is 1. The monoisotopic (exact) mass is 371 g/mol. The first-order chi connectivity index (χ1) is 12.6. The highest BCUT2D eigenvalue weighted by atomic mass is 32.2. The highest BCUT2D eigenvalue weighted by molar-refractivity contribution is 7.89. The van der Waals surface area contributed by atoms with Crippen LogP contribution in [0.1, 0.15) is 36.1 Å². The van der Waals surface area contributed by atoms with E-state index >= 15 is 0 Å². The van der Waals surface area contributed by atoms with Crippen LogP contribution in [0.2, 0.25) is 0 Å². The van der Waals surface area contributed by atoms with Crippen molar-refractivity contribution in [1.29, 1.82) is 0 Å². The Kier molecular flexibility index (Phi) is 4.86. The van der Waals surface area contributed by atoms with Gasteiger partial charge in [-0.1, -0.05) is 36.4 Å². The van der Waals surface area contributed by atoms with Gasteiger partial charge in [0.25, 0.3) is 0 Å². The maximum absolute atomic E-state index is 13.1. The Labute approximate surface area is 156 Å². The van der Waals surface area contributed by atoms with Crippen molar-refractivity contribution in [2.75, 3.05) is 26.2 Å². The standard InChI is InChI=1S/C21H26N2O2S/c1-17(18-6-3-2-4-7-18)22-12-14-23(15-13-22)26(24,25)21-11-10-19-8-5-9-20(19)16-21/h2-4,6-7,10-11,16-17H,5,8-9,12-15H2,1H3/p+1/t17-/m1/s1. The van der Waals surface area contributed by atoms with Crippen molar-refractivity contribution >= 4 is 10.0 Å². The average Bonchev–Trinajstić information content (AvgIpc) is 3.16.